The number of alkyl halides is 3. The maximum absolute atomic E-state index is 12.4. The van der Waals surface area contributed by atoms with E-state index < -0.39 is 18.6 Å². The molecule has 5 nitrogen and oxygen atoms in total. The van der Waals surface area contributed by atoms with Crippen LogP contribution in [0.25, 0.3) is 10.7 Å². The van der Waals surface area contributed by atoms with Gasteiger partial charge in [0.1, 0.15) is 0 Å². The van der Waals surface area contributed by atoms with Crippen molar-refractivity contribution in [3.05, 3.63) is 17.5 Å². The summed E-state index contributed by atoms with van der Waals surface area (Å²) in [7, 11) is 0. The number of carboxylic acids is 1. The molecule has 1 N–H and O–H groups in total. The predicted octanol–water partition coefficient (Wildman–Crippen LogP) is 3.14. The largest absolute Gasteiger partial charge is 0.481 e. The second-order valence-corrected chi connectivity index (χ2v) is 5.87. The number of hydrogen-bond donors (Lipinski definition) is 1. The minimum absolute atomic E-state index is 0.171. The number of carboxylic acid groups (broad SMARTS) is 1. The zero-order valence-corrected chi connectivity index (χ0v) is 12.1. The van der Waals surface area contributed by atoms with Gasteiger partial charge in [0.15, 0.2) is 11.0 Å². The van der Waals surface area contributed by atoms with Crippen molar-refractivity contribution >= 4 is 29.1 Å². The van der Waals surface area contributed by atoms with Crippen molar-refractivity contribution in [3.63, 3.8) is 0 Å². The van der Waals surface area contributed by atoms with Gasteiger partial charge in [0.2, 0.25) is 0 Å². The molecule has 0 aliphatic carbocycles. The molecule has 0 unspecified atom stereocenters. The first-order valence-corrected chi connectivity index (χ1v) is 7.62. The molecule has 0 aliphatic heterocycles. The lowest BCUT2D eigenvalue weighted by atomic mass is 10.4. The van der Waals surface area contributed by atoms with Crippen molar-refractivity contribution in [1.82, 2.24) is 14.8 Å². The van der Waals surface area contributed by atoms with Gasteiger partial charge in [-0.1, -0.05) is 17.8 Å². The molecule has 0 aromatic carbocycles. The van der Waals surface area contributed by atoms with Gasteiger partial charge in [0.05, 0.1) is 17.1 Å². The third-order valence-corrected chi connectivity index (χ3v) is 4.22. The van der Waals surface area contributed by atoms with Crippen molar-refractivity contribution in [2.24, 2.45) is 0 Å². The third-order valence-electron chi connectivity index (χ3n) is 2.40. The maximum Gasteiger partial charge on any atom is 0.390 e. The molecule has 0 aliphatic rings. The molecule has 2 heterocycles. The molecular weight excluding hydrogens is 327 g/mol. The van der Waals surface area contributed by atoms with Crippen LogP contribution in [-0.4, -0.2) is 37.8 Å². The monoisotopic (exact) mass is 337 g/mol. The van der Waals surface area contributed by atoms with E-state index >= 15 is 0 Å². The lowest BCUT2D eigenvalue weighted by molar-refractivity contribution is -0.137. The molecule has 0 saturated carbocycles. The Balaban J connectivity index is 2.26. The molecular formula is C11H10F3N3O2S2. The molecule has 0 atom stereocenters. The summed E-state index contributed by atoms with van der Waals surface area (Å²) in [6, 6.07) is 3.48. The fourth-order valence-corrected chi connectivity index (χ4v) is 2.95. The van der Waals surface area contributed by atoms with E-state index in [1.54, 1.807) is 17.5 Å². The molecule has 21 heavy (non-hydrogen) atoms. The summed E-state index contributed by atoms with van der Waals surface area (Å²) in [6.45, 7) is -0.342. The van der Waals surface area contributed by atoms with Crippen molar-refractivity contribution in [1.29, 1.82) is 0 Å². The fraction of sp³-hybridized carbons (Fsp3) is 0.364. The molecule has 0 fully saturated rings. The lowest BCUT2D eigenvalue weighted by Gasteiger charge is -2.10. The van der Waals surface area contributed by atoms with Crippen LogP contribution in [0.3, 0.4) is 0 Å². The van der Waals surface area contributed by atoms with E-state index in [0.717, 1.165) is 11.8 Å². The lowest BCUT2D eigenvalue weighted by Crippen LogP contribution is -2.14. The number of nitrogens with zero attached hydrogens (tertiary/aromatic N) is 3. The summed E-state index contributed by atoms with van der Waals surface area (Å²) in [5, 5.41) is 18.3. The Hall–Kier alpha value is -1.55. The quantitative estimate of drug-likeness (QED) is 0.820. The van der Waals surface area contributed by atoms with Gasteiger partial charge in [0.25, 0.3) is 0 Å². The first-order chi connectivity index (χ1) is 9.87. The Labute approximate surface area is 125 Å². The normalized spacial score (nSPS) is 11.8. The van der Waals surface area contributed by atoms with Crippen LogP contribution in [0.2, 0.25) is 0 Å². The molecule has 0 bridgehead atoms. The Morgan fingerprint density at radius 3 is 2.76 bits per heavy atom. The summed E-state index contributed by atoms with van der Waals surface area (Å²) in [6.07, 6.45) is -5.32. The van der Waals surface area contributed by atoms with Crippen molar-refractivity contribution < 1.29 is 23.1 Å². The highest BCUT2D eigenvalue weighted by molar-refractivity contribution is 7.99. The van der Waals surface area contributed by atoms with E-state index in [-0.39, 0.29) is 17.5 Å². The minimum Gasteiger partial charge on any atom is -0.481 e. The number of rotatable bonds is 6. The fourth-order valence-electron chi connectivity index (χ4n) is 1.55. The van der Waals surface area contributed by atoms with Crippen molar-refractivity contribution in [3.8, 4) is 10.7 Å². The van der Waals surface area contributed by atoms with E-state index in [0.29, 0.717) is 10.7 Å². The number of aromatic nitrogens is 3. The standard InChI is InChI=1S/C11H10F3N3O2S2/c12-11(13,14)3-4-17-9(7-2-1-5-20-7)15-16-10(17)21-6-8(18)19/h1-2,5H,3-4,6H2,(H,18,19). The van der Waals surface area contributed by atoms with E-state index in [1.165, 1.54) is 15.9 Å². The van der Waals surface area contributed by atoms with E-state index in [4.69, 9.17) is 5.11 Å². The summed E-state index contributed by atoms with van der Waals surface area (Å²) in [4.78, 5) is 11.3. The van der Waals surface area contributed by atoms with Gasteiger partial charge in [-0.05, 0) is 11.4 Å². The van der Waals surface area contributed by atoms with Gasteiger partial charge >= 0.3 is 12.1 Å². The molecule has 2 rings (SSSR count). The summed E-state index contributed by atoms with van der Waals surface area (Å²) in [5.74, 6) is -1.03. The highest BCUT2D eigenvalue weighted by atomic mass is 32.2. The van der Waals surface area contributed by atoms with Gasteiger partial charge in [-0.2, -0.15) is 13.2 Å². The number of carbonyl (C=O) groups is 1. The SMILES string of the molecule is O=C(O)CSc1nnc(-c2cccs2)n1CCC(F)(F)F. The molecule has 0 spiro atoms. The topological polar surface area (TPSA) is 68.0 Å². The maximum atomic E-state index is 12.4. The molecule has 0 amide bonds. The number of hydrogen-bond acceptors (Lipinski definition) is 5. The number of thiophene rings is 1. The van der Waals surface area contributed by atoms with Gasteiger partial charge in [0, 0.05) is 6.54 Å². The zero-order chi connectivity index (χ0) is 15.5. The first-order valence-electron chi connectivity index (χ1n) is 5.75. The first kappa shape index (κ1) is 15.8. The predicted molar refractivity (Wildman–Crippen MR) is 72.4 cm³/mol. The van der Waals surface area contributed by atoms with Crippen LogP contribution in [0.1, 0.15) is 6.42 Å². The van der Waals surface area contributed by atoms with Gasteiger partial charge in [-0.25, -0.2) is 0 Å². The minimum atomic E-state index is -4.30. The van der Waals surface area contributed by atoms with Crippen LogP contribution >= 0.6 is 23.1 Å². The van der Waals surface area contributed by atoms with Gasteiger partial charge in [-0.3, -0.25) is 4.79 Å². The second kappa shape index (κ2) is 6.48. The Bertz CT molecular complexity index is 611. The zero-order valence-electron chi connectivity index (χ0n) is 10.5. The van der Waals surface area contributed by atoms with Crippen LogP contribution in [0, 0.1) is 0 Å². The van der Waals surface area contributed by atoms with Crippen LogP contribution in [0.15, 0.2) is 22.7 Å². The Kier molecular flexibility index (Phi) is 4.88. The average molecular weight is 337 g/mol. The molecule has 10 heteroatoms. The highest BCUT2D eigenvalue weighted by Gasteiger charge is 2.28. The van der Waals surface area contributed by atoms with Crippen LogP contribution in [0.4, 0.5) is 13.2 Å². The second-order valence-electron chi connectivity index (χ2n) is 3.98. The van der Waals surface area contributed by atoms with Crippen LogP contribution in [0.5, 0.6) is 0 Å². The van der Waals surface area contributed by atoms with Gasteiger partial charge in [-0.15, -0.1) is 21.5 Å². The number of thioether (sulfide) groups is 1. The van der Waals surface area contributed by atoms with E-state index in [2.05, 4.69) is 10.2 Å². The molecule has 2 aromatic rings. The third kappa shape index (κ3) is 4.46. The smallest absolute Gasteiger partial charge is 0.390 e. The summed E-state index contributed by atoms with van der Waals surface area (Å²) < 4.78 is 38.6. The van der Waals surface area contributed by atoms with Gasteiger partial charge < -0.3 is 9.67 Å². The van der Waals surface area contributed by atoms with Crippen molar-refractivity contribution in [2.75, 3.05) is 5.75 Å². The number of halogens is 3. The Morgan fingerprint density at radius 2 is 2.19 bits per heavy atom. The van der Waals surface area contributed by atoms with Crippen molar-refractivity contribution in [2.45, 2.75) is 24.3 Å². The van der Waals surface area contributed by atoms with Crippen LogP contribution in [-0.2, 0) is 11.3 Å². The van der Waals surface area contributed by atoms with E-state index in [1.807, 2.05) is 0 Å². The summed E-state index contributed by atoms with van der Waals surface area (Å²) in [5.41, 5.74) is 0. The molecule has 2 aromatic heterocycles. The average Bonchev–Trinajstić information content (AvgIpc) is 3.01. The Morgan fingerprint density at radius 1 is 1.43 bits per heavy atom. The van der Waals surface area contributed by atoms with Crippen LogP contribution < -0.4 is 0 Å². The molecule has 114 valence electrons. The molecule has 0 saturated heterocycles. The highest BCUT2D eigenvalue weighted by Crippen LogP contribution is 2.29. The van der Waals surface area contributed by atoms with E-state index in [9.17, 15) is 18.0 Å². The number of aliphatic carboxylic acids is 1. The summed E-state index contributed by atoms with van der Waals surface area (Å²) >= 11 is 2.18. The molecule has 0 radical (unpaired) electrons.